The summed E-state index contributed by atoms with van der Waals surface area (Å²) in [4.78, 5) is 22.0. The number of hydrogen-bond donors (Lipinski definition) is 1. The number of aliphatic carboxylic acids is 1. The van der Waals surface area contributed by atoms with Crippen LogP contribution < -0.4 is 0 Å². The molecule has 172 valence electrons. The van der Waals surface area contributed by atoms with Crippen molar-refractivity contribution in [2.75, 3.05) is 18.1 Å². The third-order valence-electron chi connectivity index (χ3n) is 5.11. The van der Waals surface area contributed by atoms with Gasteiger partial charge in [-0.05, 0) is 30.8 Å². The summed E-state index contributed by atoms with van der Waals surface area (Å²) in [5.41, 5.74) is 0. The molecule has 0 atom stereocenters. The zero-order valence-corrected chi connectivity index (χ0v) is 19.7. The number of hydrogen-bond acceptors (Lipinski definition) is 4. The normalized spacial score (nSPS) is 10.9. The maximum atomic E-state index is 11.6. The molecule has 1 N–H and O–H groups in total. The first-order valence-corrected chi connectivity index (χ1v) is 13.3. The number of carbonyl (C=O) groups excluding carboxylic acids is 1. The average Bonchev–Trinajstić information content (AvgIpc) is 2.70. The molecule has 0 amide bonds. The fourth-order valence-corrected chi connectivity index (χ4v) is 4.20. The van der Waals surface area contributed by atoms with Crippen LogP contribution >= 0.6 is 11.8 Å². The molecule has 0 saturated heterocycles. The Labute approximate surface area is 183 Å². The highest BCUT2D eigenvalue weighted by Gasteiger charge is 2.03. The second-order valence-corrected chi connectivity index (χ2v) is 9.25. The van der Waals surface area contributed by atoms with Crippen molar-refractivity contribution in [2.45, 2.75) is 122 Å². The minimum absolute atomic E-state index is 0.0918. The maximum Gasteiger partial charge on any atom is 0.305 e. The summed E-state index contributed by atoms with van der Waals surface area (Å²) in [7, 11) is 0. The Hall–Kier alpha value is -0.710. The molecule has 29 heavy (non-hydrogen) atoms. The summed E-state index contributed by atoms with van der Waals surface area (Å²) in [6, 6.07) is 0. The van der Waals surface area contributed by atoms with Crippen molar-refractivity contribution in [3.05, 3.63) is 0 Å². The van der Waals surface area contributed by atoms with Crippen LogP contribution in [-0.4, -0.2) is 35.2 Å². The van der Waals surface area contributed by atoms with Crippen molar-refractivity contribution in [3.8, 4) is 0 Å². The lowest BCUT2D eigenvalue weighted by Gasteiger charge is -2.05. The van der Waals surface area contributed by atoms with Crippen molar-refractivity contribution in [1.82, 2.24) is 0 Å². The van der Waals surface area contributed by atoms with Crippen molar-refractivity contribution in [3.63, 3.8) is 0 Å². The van der Waals surface area contributed by atoms with E-state index in [9.17, 15) is 9.59 Å². The van der Waals surface area contributed by atoms with Crippen LogP contribution in [0.1, 0.15) is 122 Å². The van der Waals surface area contributed by atoms with Crippen LogP contribution in [0, 0.1) is 0 Å². The van der Waals surface area contributed by atoms with Gasteiger partial charge < -0.3 is 9.84 Å². The van der Waals surface area contributed by atoms with Crippen molar-refractivity contribution >= 4 is 23.7 Å². The van der Waals surface area contributed by atoms with E-state index in [0.29, 0.717) is 19.4 Å². The molecule has 0 heterocycles. The third kappa shape index (κ3) is 25.3. The van der Waals surface area contributed by atoms with E-state index in [0.717, 1.165) is 30.8 Å². The molecule has 0 rings (SSSR count). The zero-order chi connectivity index (χ0) is 21.4. The monoisotopic (exact) mass is 430 g/mol. The fourth-order valence-electron chi connectivity index (χ4n) is 3.30. The lowest BCUT2D eigenvalue weighted by atomic mass is 10.0. The molecule has 0 aromatic heterocycles. The van der Waals surface area contributed by atoms with Crippen LogP contribution in [0.15, 0.2) is 0 Å². The highest BCUT2D eigenvalue weighted by Crippen LogP contribution is 2.13. The summed E-state index contributed by atoms with van der Waals surface area (Å²) < 4.78 is 5.28. The number of esters is 1. The molecule has 0 aliphatic rings. The van der Waals surface area contributed by atoms with Crippen LogP contribution in [0.3, 0.4) is 0 Å². The molecule has 5 heteroatoms. The molecule has 0 unspecified atom stereocenters. The molecule has 0 bridgehead atoms. The van der Waals surface area contributed by atoms with Gasteiger partial charge in [0.25, 0.3) is 0 Å². The first kappa shape index (κ1) is 28.3. The Morgan fingerprint density at radius 3 is 1.59 bits per heavy atom. The first-order chi connectivity index (χ1) is 14.2. The Morgan fingerprint density at radius 1 is 0.655 bits per heavy atom. The largest absolute Gasteiger partial charge is 0.481 e. The number of carboxylic acid groups (broad SMARTS) is 1. The third-order valence-corrected chi connectivity index (χ3v) is 6.26. The van der Waals surface area contributed by atoms with Crippen LogP contribution in [-0.2, 0) is 14.3 Å². The van der Waals surface area contributed by atoms with E-state index in [-0.39, 0.29) is 12.4 Å². The summed E-state index contributed by atoms with van der Waals surface area (Å²) in [6.45, 7) is 2.83. The van der Waals surface area contributed by atoms with Gasteiger partial charge >= 0.3 is 11.9 Å². The molecule has 0 saturated carbocycles. The topological polar surface area (TPSA) is 63.6 Å². The van der Waals surface area contributed by atoms with Gasteiger partial charge in [0.05, 0.1) is 6.61 Å². The first-order valence-electron chi connectivity index (χ1n) is 12.1. The van der Waals surface area contributed by atoms with Gasteiger partial charge in [0.1, 0.15) is 0 Å². The minimum atomic E-state index is -0.738. The second kappa shape index (κ2) is 23.6. The molecule has 0 aromatic carbocycles. The lowest BCUT2D eigenvalue weighted by Crippen LogP contribution is -2.06. The van der Waals surface area contributed by atoms with Gasteiger partial charge in [-0.15, -0.1) is 0 Å². The van der Waals surface area contributed by atoms with Crippen LogP contribution in [0.5, 0.6) is 0 Å². The van der Waals surface area contributed by atoms with Crippen LogP contribution in [0.2, 0.25) is 0 Å². The van der Waals surface area contributed by atoms with E-state index < -0.39 is 5.97 Å². The van der Waals surface area contributed by atoms with E-state index in [1.807, 2.05) is 0 Å². The van der Waals surface area contributed by atoms with Crippen molar-refractivity contribution in [1.29, 1.82) is 0 Å². The number of thioether (sulfide) groups is 1. The predicted octanol–water partition coefficient (Wildman–Crippen LogP) is 7.39. The van der Waals surface area contributed by atoms with E-state index in [1.54, 1.807) is 11.8 Å². The fraction of sp³-hybridized carbons (Fsp3) is 0.917. The summed E-state index contributed by atoms with van der Waals surface area (Å²) in [5, 5.41) is 8.55. The smallest absolute Gasteiger partial charge is 0.305 e. The van der Waals surface area contributed by atoms with Crippen molar-refractivity contribution in [2.24, 2.45) is 0 Å². The van der Waals surface area contributed by atoms with Gasteiger partial charge in [-0.1, -0.05) is 90.4 Å². The van der Waals surface area contributed by atoms with E-state index >= 15 is 0 Å². The van der Waals surface area contributed by atoms with E-state index in [4.69, 9.17) is 9.84 Å². The molecule has 0 aromatic rings. The van der Waals surface area contributed by atoms with Gasteiger partial charge in [0, 0.05) is 12.8 Å². The van der Waals surface area contributed by atoms with Crippen LogP contribution in [0.4, 0.5) is 0 Å². The molecule has 0 spiro atoms. The quantitative estimate of drug-likeness (QED) is 0.135. The van der Waals surface area contributed by atoms with Gasteiger partial charge in [0.15, 0.2) is 0 Å². The molecule has 0 aliphatic carbocycles. The van der Waals surface area contributed by atoms with E-state index in [2.05, 4.69) is 6.92 Å². The van der Waals surface area contributed by atoms with E-state index in [1.165, 1.54) is 77.0 Å². The number of carboxylic acids is 1. The standard InChI is InChI=1S/C24H46O4S/c1-2-3-4-5-6-7-8-9-10-11-12-13-14-15-20-28-24(27)19-17-22-29-21-16-18-23(25)26/h2-22H2,1H3,(H,25,26). The number of ether oxygens (including phenoxy) is 1. The highest BCUT2D eigenvalue weighted by molar-refractivity contribution is 7.99. The molecule has 4 nitrogen and oxygen atoms in total. The van der Waals surface area contributed by atoms with Crippen molar-refractivity contribution < 1.29 is 19.4 Å². The maximum absolute atomic E-state index is 11.6. The summed E-state index contributed by atoms with van der Waals surface area (Å²) >= 11 is 1.72. The molecular formula is C24H46O4S. The Balaban J connectivity index is 3.15. The lowest BCUT2D eigenvalue weighted by molar-refractivity contribution is -0.143. The Morgan fingerprint density at radius 2 is 1.10 bits per heavy atom. The molecular weight excluding hydrogens is 384 g/mol. The Bertz CT molecular complexity index is 374. The van der Waals surface area contributed by atoms with Gasteiger partial charge in [-0.2, -0.15) is 11.8 Å². The number of rotatable bonds is 23. The average molecular weight is 431 g/mol. The predicted molar refractivity (Wildman–Crippen MR) is 125 cm³/mol. The zero-order valence-electron chi connectivity index (χ0n) is 18.9. The Kier molecular flexibility index (Phi) is 23.0. The van der Waals surface area contributed by atoms with Gasteiger partial charge in [0.2, 0.25) is 0 Å². The SMILES string of the molecule is CCCCCCCCCCCCCCCCOC(=O)CCCSCCCC(=O)O. The number of unbranched alkanes of at least 4 members (excludes halogenated alkanes) is 13. The molecule has 0 aliphatic heterocycles. The molecule has 0 radical (unpaired) electrons. The summed E-state index contributed by atoms with van der Waals surface area (Å²) in [5.74, 6) is 0.914. The summed E-state index contributed by atoms with van der Waals surface area (Å²) in [6.07, 6.45) is 20.8. The van der Waals surface area contributed by atoms with Crippen LogP contribution in [0.25, 0.3) is 0 Å². The molecule has 0 fully saturated rings. The highest BCUT2D eigenvalue weighted by atomic mass is 32.2. The second-order valence-electron chi connectivity index (χ2n) is 8.03. The van der Waals surface area contributed by atoms with Gasteiger partial charge in [-0.25, -0.2) is 0 Å². The number of carbonyl (C=O) groups is 2. The minimum Gasteiger partial charge on any atom is -0.481 e. The van der Waals surface area contributed by atoms with Gasteiger partial charge in [-0.3, -0.25) is 9.59 Å².